The first-order valence-electron chi connectivity index (χ1n) is 5.38. The molecule has 90 valence electrons. The zero-order valence-corrected chi connectivity index (χ0v) is 11.8. The van der Waals surface area contributed by atoms with Gasteiger partial charge in [0.15, 0.2) is 5.13 Å². The minimum Gasteiger partial charge on any atom is -0.389 e. The van der Waals surface area contributed by atoms with Crippen molar-refractivity contribution in [3.05, 3.63) is 47.1 Å². The Bertz CT molecular complexity index is 708. The fourth-order valence-corrected chi connectivity index (χ4v) is 2.74. The Labute approximate surface area is 117 Å². The number of nitrogens with two attached hydrogens (primary N) is 1. The molecule has 3 nitrogen and oxygen atoms in total. The van der Waals surface area contributed by atoms with Crippen LogP contribution in [0.4, 0.5) is 15.8 Å². The summed E-state index contributed by atoms with van der Waals surface area (Å²) in [5.74, 6) is 0. The minimum atomic E-state index is 0.710. The number of benzene rings is 2. The lowest BCUT2D eigenvalue weighted by Crippen LogP contribution is -1.88. The summed E-state index contributed by atoms with van der Waals surface area (Å²) < 4.78 is 1.09. The Morgan fingerprint density at radius 3 is 2.67 bits per heavy atom. The van der Waals surface area contributed by atoms with Crippen LogP contribution < -0.4 is 11.1 Å². The lowest BCUT2D eigenvalue weighted by Gasteiger charge is -2.05. The molecule has 1 heterocycles. The van der Waals surface area contributed by atoms with Crippen LogP contribution in [-0.2, 0) is 0 Å². The highest BCUT2D eigenvalue weighted by Gasteiger charge is 2.01. The molecule has 0 atom stereocenters. The van der Waals surface area contributed by atoms with Gasteiger partial charge in [0.25, 0.3) is 0 Å². The second kappa shape index (κ2) is 4.59. The lowest BCUT2D eigenvalue weighted by atomic mass is 10.1. The topological polar surface area (TPSA) is 50.9 Å². The molecule has 0 unspecified atom stereocenters. The van der Waals surface area contributed by atoms with Crippen LogP contribution in [0.25, 0.3) is 10.8 Å². The zero-order chi connectivity index (χ0) is 12.5. The van der Waals surface area contributed by atoms with E-state index in [0.29, 0.717) is 5.00 Å². The second-order valence-corrected chi connectivity index (χ2v) is 5.88. The molecule has 5 heteroatoms. The van der Waals surface area contributed by atoms with E-state index in [1.54, 1.807) is 6.20 Å². The summed E-state index contributed by atoms with van der Waals surface area (Å²) in [6, 6.07) is 12.4. The molecule has 0 radical (unpaired) electrons. The maximum atomic E-state index is 5.65. The third kappa shape index (κ3) is 2.32. The Kier molecular flexibility index (Phi) is 2.93. The molecule has 3 aromatic rings. The highest BCUT2D eigenvalue weighted by atomic mass is 79.9. The van der Waals surface area contributed by atoms with Crippen LogP contribution in [0.2, 0.25) is 0 Å². The molecule has 0 aliphatic heterocycles. The van der Waals surface area contributed by atoms with E-state index in [-0.39, 0.29) is 0 Å². The van der Waals surface area contributed by atoms with E-state index in [4.69, 9.17) is 5.73 Å². The second-order valence-electron chi connectivity index (χ2n) is 3.90. The molecular weight excluding hydrogens is 310 g/mol. The number of aromatic nitrogens is 1. The van der Waals surface area contributed by atoms with Gasteiger partial charge in [0.05, 0.1) is 6.20 Å². The standard InChI is InChI=1S/C13H10BrN3S/c14-10-3-1-9-6-11(4-2-8(9)5-10)17-13-16-7-12(15)18-13/h1-7H,15H2,(H,16,17). The van der Waals surface area contributed by atoms with Crippen molar-refractivity contribution in [2.75, 3.05) is 11.1 Å². The van der Waals surface area contributed by atoms with Crippen molar-refractivity contribution < 1.29 is 0 Å². The average Bonchev–Trinajstić information content (AvgIpc) is 2.75. The molecule has 0 spiro atoms. The number of hydrogen-bond acceptors (Lipinski definition) is 4. The normalized spacial score (nSPS) is 10.7. The summed E-state index contributed by atoms with van der Waals surface area (Å²) in [5.41, 5.74) is 6.66. The maximum absolute atomic E-state index is 5.65. The average molecular weight is 320 g/mol. The number of thiazole rings is 1. The highest BCUT2D eigenvalue weighted by Crippen LogP contribution is 2.27. The lowest BCUT2D eigenvalue weighted by molar-refractivity contribution is 1.39. The number of nitrogens with one attached hydrogen (secondary N) is 1. The van der Waals surface area contributed by atoms with Crippen molar-refractivity contribution in [1.82, 2.24) is 4.98 Å². The number of nitrogen functional groups attached to an aromatic ring is 1. The van der Waals surface area contributed by atoms with Crippen molar-refractivity contribution in [1.29, 1.82) is 0 Å². The molecule has 0 aliphatic rings. The smallest absolute Gasteiger partial charge is 0.189 e. The Morgan fingerprint density at radius 1 is 1.11 bits per heavy atom. The fraction of sp³-hybridized carbons (Fsp3) is 0. The number of rotatable bonds is 2. The molecule has 2 aromatic carbocycles. The van der Waals surface area contributed by atoms with E-state index in [1.807, 2.05) is 12.1 Å². The number of anilines is 3. The number of hydrogen-bond donors (Lipinski definition) is 2. The van der Waals surface area contributed by atoms with Crippen LogP contribution in [-0.4, -0.2) is 4.98 Å². The summed E-state index contributed by atoms with van der Waals surface area (Å²) in [4.78, 5) is 4.18. The third-order valence-corrected chi connectivity index (χ3v) is 3.81. The molecule has 0 aliphatic carbocycles. The summed E-state index contributed by atoms with van der Waals surface area (Å²) in [6.07, 6.45) is 1.66. The first-order valence-corrected chi connectivity index (χ1v) is 6.99. The van der Waals surface area contributed by atoms with Gasteiger partial charge in [-0.05, 0) is 35.0 Å². The van der Waals surface area contributed by atoms with E-state index in [0.717, 1.165) is 15.3 Å². The largest absolute Gasteiger partial charge is 0.389 e. The molecule has 0 saturated carbocycles. The van der Waals surface area contributed by atoms with E-state index < -0.39 is 0 Å². The molecule has 18 heavy (non-hydrogen) atoms. The first kappa shape index (κ1) is 11.5. The Hall–Kier alpha value is -1.59. The summed E-state index contributed by atoms with van der Waals surface area (Å²) in [7, 11) is 0. The molecule has 0 saturated heterocycles. The van der Waals surface area contributed by atoms with Gasteiger partial charge in [0.1, 0.15) is 5.00 Å². The van der Waals surface area contributed by atoms with Crippen LogP contribution in [0.15, 0.2) is 47.1 Å². The number of fused-ring (bicyclic) bond motifs is 1. The van der Waals surface area contributed by atoms with Crippen molar-refractivity contribution in [2.45, 2.75) is 0 Å². The van der Waals surface area contributed by atoms with Crippen molar-refractivity contribution in [2.24, 2.45) is 0 Å². The molecule has 0 bridgehead atoms. The predicted octanol–water partition coefficient (Wildman–Crippen LogP) is 4.38. The van der Waals surface area contributed by atoms with E-state index in [9.17, 15) is 0 Å². The van der Waals surface area contributed by atoms with Gasteiger partial charge in [-0.1, -0.05) is 39.4 Å². The van der Waals surface area contributed by atoms with Gasteiger partial charge in [-0.25, -0.2) is 4.98 Å². The van der Waals surface area contributed by atoms with Crippen molar-refractivity contribution >= 4 is 53.9 Å². The van der Waals surface area contributed by atoms with E-state index >= 15 is 0 Å². The monoisotopic (exact) mass is 319 g/mol. The minimum absolute atomic E-state index is 0.710. The van der Waals surface area contributed by atoms with Gasteiger partial charge in [0.2, 0.25) is 0 Å². The quantitative estimate of drug-likeness (QED) is 0.736. The molecule has 0 amide bonds. The summed E-state index contributed by atoms with van der Waals surface area (Å²) >= 11 is 4.91. The van der Waals surface area contributed by atoms with Crippen LogP contribution in [0.5, 0.6) is 0 Å². The van der Waals surface area contributed by atoms with E-state index in [1.165, 1.54) is 22.1 Å². The Morgan fingerprint density at radius 2 is 1.89 bits per heavy atom. The van der Waals surface area contributed by atoms with E-state index in [2.05, 4.69) is 50.5 Å². The molecular formula is C13H10BrN3S. The first-order chi connectivity index (χ1) is 8.70. The van der Waals surface area contributed by atoms with Gasteiger partial charge in [-0.3, -0.25) is 0 Å². The van der Waals surface area contributed by atoms with Gasteiger partial charge < -0.3 is 11.1 Å². The van der Waals surface area contributed by atoms with Crippen molar-refractivity contribution in [3.63, 3.8) is 0 Å². The SMILES string of the molecule is Nc1cnc(Nc2ccc3cc(Br)ccc3c2)s1. The van der Waals surface area contributed by atoms with Crippen molar-refractivity contribution in [3.8, 4) is 0 Å². The molecule has 0 fully saturated rings. The fourth-order valence-electron chi connectivity index (χ4n) is 1.76. The maximum Gasteiger partial charge on any atom is 0.189 e. The number of halogens is 1. The van der Waals surface area contributed by atoms with Gasteiger partial charge >= 0.3 is 0 Å². The van der Waals surface area contributed by atoms with Crippen LogP contribution in [0.1, 0.15) is 0 Å². The van der Waals surface area contributed by atoms with Gasteiger partial charge in [-0.2, -0.15) is 0 Å². The Balaban J connectivity index is 1.96. The molecule has 3 N–H and O–H groups in total. The zero-order valence-electron chi connectivity index (χ0n) is 9.35. The highest BCUT2D eigenvalue weighted by molar-refractivity contribution is 9.10. The summed E-state index contributed by atoms with van der Waals surface area (Å²) in [6.45, 7) is 0. The number of nitrogens with zero attached hydrogens (tertiary/aromatic N) is 1. The predicted molar refractivity (Wildman–Crippen MR) is 81.5 cm³/mol. The third-order valence-electron chi connectivity index (χ3n) is 2.58. The van der Waals surface area contributed by atoms with Crippen LogP contribution >= 0.6 is 27.3 Å². The van der Waals surface area contributed by atoms with Gasteiger partial charge in [-0.15, -0.1) is 0 Å². The van der Waals surface area contributed by atoms with Gasteiger partial charge in [0, 0.05) is 10.2 Å². The molecule has 1 aromatic heterocycles. The van der Waals surface area contributed by atoms with Crippen LogP contribution in [0.3, 0.4) is 0 Å². The summed E-state index contributed by atoms with van der Waals surface area (Å²) in [5, 5.41) is 7.16. The molecule has 3 rings (SSSR count). The van der Waals surface area contributed by atoms with Crippen LogP contribution in [0, 0.1) is 0 Å².